The predicted octanol–water partition coefficient (Wildman–Crippen LogP) is 7.02. The average molecular weight is 618 g/mol. The van der Waals surface area contributed by atoms with Gasteiger partial charge in [0.1, 0.15) is 18.1 Å². The van der Waals surface area contributed by atoms with Gasteiger partial charge < -0.3 is 15.0 Å². The molecule has 1 aliphatic heterocycles. The summed E-state index contributed by atoms with van der Waals surface area (Å²) in [5.41, 5.74) is 5.19. The fourth-order valence-electron chi connectivity index (χ4n) is 4.64. The van der Waals surface area contributed by atoms with Crippen LogP contribution in [0, 0.1) is 25.2 Å². The van der Waals surface area contributed by atoms with Crippen LogP contribution in [0.5, 0.6) is 5.75 Å². The summed E-state index contributed by atoms with van der Waals surface area (Å²) in [7, 11) is 0. The Morgan fingerprint density at radius 1 is 1.09 bits per heavy atom. The van der Waals surface area contributed by atoms with E-state index in [1.165, 1.54) is 53.2 Å². The summed E-state index contributed by atoms with van der Waals surface area (Å²) in [4.78, 5) is 23.4. The van der Waals surface area contributed by atoms with Crippen LogP contribution in [-0.4, -0.2) is 44.6 Å². The smallest absolute Gasteiger partial charge is 0.406 e. The van der Waals surface area contributed by atoms with E-state index in [4.69, 9.17) is 0 Å². The highest BCUT2D eigenvalue weighted by atomic mass is 32.2. The second-order valence-electron chi connectivity index (χ2n) is 9.74. The van der Waals surface area contributed by atoms with Gasteiger partial charge in [-0.25, -0.2) is 14.5 Å². The van der Waals surface area contributed by atoms with Crippen LogP contribution in [0.1, 0.15) is 23.1 Å². The molecule has 3 aromatic carbocycles. The van der Waals surface area contributed by atoms with Gasteiger partial charge in [-0.1, -0.05) is 54.2 Å². The van der Waals surface area contributed by atoms with Gasteiger partial charge in [0.2, 0.25) is 0 Å². The molecular weight excluding hydrogens is 591 g/mol. The molecule has 4 aromatic rings. The highest BCUT2D eigenvalue weighted by Gasteiger charge is 2.31. The fraction of sp³-hybridized carbons (Fsp3) is 0.194. The first-order valence-electron chi connectivity index (χ1n) is 13.5. The number of hydrogen-bond donors (Lipinski definition) is 1. The number of benzene rings is 3. The molecule has 9 nitrogen and oxygen atoms in total. The van der Waals surface area contributed by atoms with Crippen LogP contribution in [0.2, 0.25) is 0 Å². The maximum atomic E-state index is 12.8. The summed E-state index contributed by atoms with van der Waals surface area (Å²) >= 11 is 1.52. The highest BCUT2D eigenvalue weighted by Crippen LogP contribution is 2.31. The Bertz CT molecular complexity index is 1740. The van der Waals surface area contributed by atoms with E-state index < -0.39 is 12.4 Å². The summed E-state index contributed by atoms with van der Waals surface area (Å²) in [5.74, 6) is 0.890. The van der Waals surface area contributed by atoms with Gasteiger partial charge in [0, 0.05) is 29.7 Å². The molecule has 2 heterocycles. The largest absolute Gasteiger partial charge is 0.573 e. The number of nitrogens with one attached hydrogen (secondary N) is 1. The lowest BCUT2D eigenvalue weighted by Crippen LogP contribution is -2.36. The molecule has 0 saturated carbocycles. The molecule has 224 valence electrons. The number of alkyl halides is 3. The molecule has 2 amide bonds. The summed E-state index contributed by atoms with van der Waals surface area (Å²) in [6, 6.07) is 19.7. The number of urea groups is 1. The van der Waals surface area contributed by atoms with E-state index in [1.807, 2.05) is 32.0 Å². The lowest BCUT2D eigenvalue weighted by molar-refractivity contribution is -0.274. The van der Waals surface area contributed by atoms with Crippen molar-refractivity contribution in [2.75, 3.05) is 17.2 Å². The van der Waals surface area contributed by atoms with Crippen LogP contribution in [0.3, 0.4) is 0 Å². The maximum absolute atomic E-state index is 12.8. The molecule has 44 heavy (non-hydrogen) atoms. The van der Waals surface area contributed by atoms with Crippen molar-refractivity contribution in [3.05, 3.63) is 95.9 Å². The zero-order valence-electron chi connectivity index (χ0n) is 23.7. The Morgan fingerprint density at radius 3 is 2.45 bits per heavy atom. The van der Waals surface area contributed by atoms with Crippen molar-refractivity contribution in [2.45, 2.75) is 26.6 Å². The zero-order chi connectivity index (χ0) is 31.3. The lowest BCUT2D eigenvalue weighted by Gasteiger charge is -2.31. The van der Waals surface area contributed by atoms with Crippen LogP contribution in [0.25, 0.3) is 22.6 Å². The number of aromatic nitrogens is 3. The van der Waals surface area contributed by atoms with Crippen molar-refractivity contribution >= 4 is 34.2 Å². The summed E-state index contributed by atoms with van der Waals surface area (Å²) < 4.78 is 42.6. The van der Waals surface area contributed by atoms with Crippen LogP contribution in [-0.2, 0) is 0 Å². The van der Waals surface area contributed by atoms with E-state index in [0.29, 0.717) is 27.8 Å². The number of aliphatic imine (C=N–C) groups is 1. The van der Waals surface area contributed by atoms with E-state index in [0.717, 1.165) is 35.5 Å². The van der Waals surface area contributed by atoms with Crippen molar-refractivity contribution in [1.82, 2.24) is 20.1 Å². The minimum Gasteiger partial charge on any atom is -0.406 e. The number of amides is 2. The van der Waals surface area contributed by atoms with Gasteiger partial charge >= 0.3 is 12.4 Å². The Morgan fingerprint density at radius 2 is 1.80 bits per heavy atom. The standard InChI is InChI=1S/C31H26F3N7O2S/c1-20-5-3-6-21(2)27(20)40-15-4-16-44-30(40)38-29(42)36-18-24(17-35)22-7-9-23(10-8-22)28-37-19-41(39-28)25-11-13-26(14-12-25)43-31(32,33)34/h3,5-14,18-19H,4,15-16H2,1-2H3,(H,36,42)/b24-18+,38-30?. The number of halogens is 3. The van der Waals surface area contributed by atoms with Gasteiger partial charge in [0.15, 0.2) is 11.0 Å². The molecular formula is C31H26F3N7O2S. The summed E-state index contributed by atoms with van der Waals surface area (Å²) in [5, 5.41) is 17.4. The van der Waals surface area contributed by atoms with E-state index in [9.17, 15) is 23.2 Å². The number of ether oxygens (including phenoxy) is 1. The van der Waals surface area contributed by atoms with Gasteiger partial charge in [-0.3, -0.25) is 0 Å². The van der Waals surface area contributed by atoms with Crippen molar-refractivity contribution in [3.63, 3.8) is 0 Å². The number of nitriles is 1. The molecule has 0 aliphatic carbocycles. The Hall–Kier alpha value is -5.09. The van der Waals surface area contributed by atoms with E-state index in [2.05, 4.69) is 36.1 Å². The van der Waals surface area contributed by atoms with Crippen LogP contribution >= 0.6 is 11.8 Å². The first-order chi connectivity index (χ1) is 21.1. The molecule has 0 unspecified atom stereocenters. The minimum atomic E-state index is -4.77. The topological polar surface area (TPSA) is 108 Å². The molecule has 1 saturated heterocycles. The average Bonchev–Trinajstić information content (AvgIpc) is 3.49. The molecule has 0 spiro atoms. The molecule has 1 fully saturated rings. The number of thioether (sulfide) groups is 1. The Kier molecular flexibility index (Phi) is 9.01. The van der Waals surface area contributed by atoms with Crippen molar-refractivity contribution in [1.29, 1.82) is 5.26 Å². The third-order valence-corrected chi connectivity index (χ3v) is 7.70. The third-order valence-electron chi connectivity index (χ3n) is 6.64. The first-order valence-corrected chi connectivity index (χ1v) is 14.4. The molecule has 0 atom stereocenters. The number of amidine groups is 1. The highest BCUT2D eigenvalue weighted by molar-refractivity contribution is 8.14. The summed E-state index contributed by atoms with van der Waals surface area (Å²) in [6.07, 6.45) is -1.03. The molecule has 1 aliphatic rings. The molecule has 0 bridgehead atoms. The molecule has 0 radical (unpaired) electrons. The zero-order valence-corrected chi connectivity index (χ0v) is 24.5. The van der Waals surface area contributed by atoms with Crippen LogP contribution in [0.15, 0.2) is 84.2 Å². The number of anilines is 1. The van der Waals surface area contributed by atoms with Gasteiger partial charge in [-0.15, -0.1) is 18.3 Å². The van der Waals surface area contributed by atoms with E-state index >= 15 is 0 Å². The number of carbonyl (C=O) groups excluding carboxylic acids is 1. The lowest BCUT2D eigenvalue weighted by atomic mass is 10.1. The van der Waals surface area contributed by atoms with E-state index in [-0.39, 0.29) is 11.3 Å². The van der Waals surface area contributed by atoms with Crippen molar-refractivity contribution in [3.8, 4) is 28.9 Å². The molecule has 1 aromatic heterocycles. The SMILES string of the molecule is Cc1cccc(C)c1N1CCCSC1=NC(=O)N/C=C(\C#N)c1ccc(-c2ncn(-c3ccc(OC(F)(F)F)cc3)n2)cc1. The van der Waals surface area contributed by atoms with Crippen LogP contribution in [0.4, 0.5) is 23.7 Å². The summed E-state index contributed by atoms with van der Waals surface area (Å²) in [6.45, 7) is 4.83. The van der Waals surface area contributed by atoms with Crippen molar-refractivity contribution in [2.24, 2.45) is 4.99 Å². The molecule has 13 heteroatoms. The van der Waals surface area contributed by atoms with Gasteiger partial charge in [-0.2, -0.15) is 10.3 Å². The number of carbonyl (C=O) groups is 1. The Balaban J connectivity index is 1.26. The predicted molar refractivity (Wildman–Crippen MR) is 163 cm³/mol. The second kappa shape index (κ2) is 13.0. The minimum absolute atomic E-state index is 0.229. The number of nitrogens with zero attached hydrogens (tertiary/aromatic N) is 6. The quantitative estimate of drug-likeness (QED) is 0.232. The van der Waals surface area contributed by atoms with Crippen LogP contribution < -0.4 is 15.0 Å². The van der Waals surface area contributed by atoms with Gasteiger partial charge in [0.25, 0.3) is 0 Å². The van der Waals surface area contributed by atoms with Gasteiger partial charge in [0.05, 0.1) is 11.3 Å². The number of rotatable bonds is 6. The first kappa shape index (κ1) is 30.4. The third kappa shape index (κ3) is 7.27. The van der Waals surface area contributed by atoms with E-state index in [1.54, 1.807) is 24.3 Å². The Labute approximate surface area is 255 Å². The number of para-hydroxylation sites is 1. The number of hydrogen-bond acceptors (Lipinski definition) is 6. The van der Waals surface area contributed by atoms with Gasteiger partial charge in [-0.05, 0) is 61.2 Å². The second-order valence-corrected chi connectivity index (χ2v) is 10.8. The monoisotopic (exact) mass is 617 g/mol. The normalized spacial score (nSPS) is 14.8. The fourth-order valence-corrected chi connectivity index (χ4v) is 5.59. The maximum Gasteiger partial charge on any atom is 0.573 e. The molecule has 1 N–H and O–H groups in total. The molecule has 5 rings (SSSR count). The van der Waals surface area contributed by atoms with Crippen molar-refractivity contribution < 1.29 is 22.7 Å². The number of allylic oxidation sites excluding steroid dienone is 1. The number of aryl methyl sites for hydroxylation is 2.